The van der Waals surface area contributed by atoms with E-state index in [2.05, 4.69) is 0 Å². The summed E-state index contributed by atoms with van der Waals surface area (Å²) in [6.45, 7) is 0. The van der Waals surface area contributed by atoms with Crippen molar-refractivity contribution in [3.63, 3.8) is 0 Å². The van der Waals surface area contributed by atoms with E-state index in [0.717, 1.165) is 23.8 Å². The lowest BCUT2D eigenvalue weighted by atomic mass is 9.96. The van der Waals surface area contributed by atoms with Crippen LogP contribution in [0.15, 0.2) is 65.7 Å². The van der Waals surface area contributed by atoms with E-state index >= 15 is 0 Å². The zero-order chi connectivity index (χ0) is 15.7. The summed E-state index contributed by atoms with van der Waals surface area (Å²) in [4.78, 5) is 22.6. The fraction of sp³-hybridized carbons (Fsp3) is 0.0625. The normalized spacial score (nSPS) is 15.9. The van der Waals surface area contributed by atoms with Gasteiger partial charge in [0.15, 0.2) is 5.78 Å². The van der Waals surface area contributed by atoms with Crippen molar-refractivity contribution in [3.05, 3.63) is 81.3 Å². The van der Waals surface area contributed by atoms with E-state index in [1.54, 1.807) is 12.2 Å². The number of hydrogen-bond acceptors (Lipinski definition) is 5. The molecule has 0 radical (unpaired) electrons. The number of aromatic hydroxyl groups is 1. The molecule has 1 N–H and O–H groups in total. The van der Waals surface area contributed by atoms with Crippen molar-refractivity contribution in [2.45, 2.75) is 6.42 Å². The Bertz CT molecular complexity index is 799. The van der Waals surface area contributed by atoms with Gasteiger partial charge in [-0.05, 0) is 30.2 Å². The van der Waals surface area contributed by atoms with Crippen molar-refractivity contribution >= 4 is 11.5 Å². The molecule has 1 heterocycles. The predicted octanol–water partition coefficient (Wildman–Crippen LogP) is 3.17. The fourth-order valence-corrected chi connectivity index (χ4v) is 2.25. The van der Waals surface area contributed by atoms with E-state index in [1.165, 1.54) is 6.26 Å². The lowest BCUT2D eigenvalue weighted by Crippen LogP contribution is -2.09. The zero-order valence-corrected chi connectivity index (χ0v) is 11.4. The minimum absolute atomic E-state index is 0.125. The number of non-ortho nitro benzene ring substituents is 1. The van der Waals surface area contributed by atoms with Crippen molar-refractivity contribution in [3.8, 4) is 5.75 Å². The molecular formula is C16H11NO5. The molecule has 0 unspecified atom stereocenters. The number of rotatable bonds is 3. The number of fused-ring (bicyclic) bond motifs is 1. The van der Waals surface area contributed by atoms with Crippen LogP contribution in [0.3, 0.4) is 0 Å². The molecule has 1 aromatic rings. The van der Waals surface area contributed by atoms with Crippen LogP contribution in [-0.4, -0.2) is 15.8 Å². The predicted molar refractivity (Wildman–Crippen MR) is 78.2 cm³/mol. The van der Waals surface area contributed by atoms with Gasteiger partial charge in [0.2, 0.25) is 0 Å². The molecule has 0 atom stereocenters. The van der Waals surface area contributed by atoms with Crippen LogP contribution in [0.2, 0.25) is 0 Å². The van der Waals surface area contributed by atoms with Crippen LogP contribution in [0, 0.1) is 10.1 Å². The molecule has 2 aliphatic rings. The minimum atomic E-state index is -0.618. The summed E-state index contributed by atoms with van der Waals surface area (Å²) in [7, 11) is 0. The summed E-state index contributed by atoms with van der Waals surface area (Å²) >= 11 is 0. The molecule has 0 saturated carbocycles. The molecule has 0 aromatic heterocycles. The van der Waals surface area contributed by atoms with Crippen LogP contribution in [0.25, 0.3) is 0 Å². The minimum Gasteiger partial charge on any atom is -0.507 e. The highest BCUT2D eigenvalue weighted by atomic mass is 16.6. The van der Waals surface area contributed by atoms with Gasteiger partial charge in [-0.3, -0.25) is 14.9 Å². The highest BCUT2D eigenvalue weighted by Crippen LogP contribution is 2.31. The molecule has 22 heavy (non-hydrogen) atoms. The summed E-state index contributed by atoms with van der Waals surface area (Å²) in [5.41, 5.74) is 0.698. The molecule has 0 fully saturated rings. The molecule has 6 nitrogen and oxygen atoms in total. The number of hydrogen-bond donors (Lipinski definition) is 1. The third kappa shape index (κ3) is 2.42. The molecule has 1 aliphatic carbocycles. The maximum atomic E-state index is 12.5. The lowest BCUT2D eigenvalue weighted by molar-refractivity contribution is -0.384. The summed E-state index contributed by atoms with van der Waals surface area (Å²) in [6, 6.07) is 3.34. The molecule has 0 saturated heterocycles. The van der Waals surface area contributed by atoms with E-state index < -0.39 is 10.7 Å². The number of ketones is 1. The monoisotopic (exact) mass is 297 g/mol. The molecule has 0 spiro atoms. The molecule has 6 heteroatoms. The average molecular weight is 297 g/mol. The van der Waals surface area contributed by atoms with E-state index in [9.17, 15) is 20.0 Å². The third-order valence-electron chi connectivity index (χ3n) is 3.38. The Kier molecular flexibility index (Phi) is 3.34. The number of benzene rings is 1. The maximum absolute atomic E-state index is 12.5. The van der Waals surface area contributed by atoms with Gasteiger partial charge in [0.25, 0.3) is 5.69 Å². The van der Waals surface area contributed by atoms with Crippen LogP contribution in [0.1, 0.15) is 16.8 Å². The standard InChI is InChI=1S/C16H11NO5/c18-14-6-5-12(17(20)21)8-13(14)16(19)11-7-10-3-1-2-4-15(10)22-9-11/h1-2,4-9,18H,3H2. The Hall–Kier alpha value is -3.15. The van der Waals surface area contributed by atoms with Gasteiger partial charge < -0.3 is 9.84 Å². The van der Waals surface area contributed by atoms with Gasteiger partial charge in [0.05, 0.1) is 16.1 Å². The highest BCUT2D eigenvalue weighted by molar-refractivity contribution is 6.12. The number of phenolic OH excluding ortho intramolecular Hbond substituents is 1. The maximum Gasteiger partial charge on any atom is 0.270 e. The Balaban J connectivity index is 1.95. The smallest absolute Gasteiger partial charge is 0.270 e. The van der Waals surface area contributed by atoms with Crippen molar-refractivity contribution in [1.29, 1.82) is 0 Å². The first kappa shape index (κ1) is 13.8. The molecular weight excluding hydrogens is 286 g/mol. The summed E-state index contributed by atoms with van der Waals surface area (Å²) in [5.74, 6) is -0.163. The molecule has 1 aromatic carbocycles. The van der Waals surface area contributed by atoms with Crippen molar-refractivity contribution in [2.75, 3.05) is 0 Å². The van der Waals surface area contributed by atoms with Crippen LogP contribution >= 0.6 is 0 Å². The number of carbonyl (C=O) groups excluding carboxylic acids is 1. The summed E-state index contributed by atoms with van der Waals surface area (Å²) in [6.07, 6.45) is 9.17. The van der Waals surface area contributed by atoms with Gasteiger partial charge in [-0.15, -0.1) is 0 Å². The summed E-state index contributed by atoms with van der Waals surface area (Å²) in [5, 5.41) is 20.6. The zero-order valence-electron chi connectivity index (χ0n) is 11.4. The number of nitro groups is 1. The van der Waals surface area contributed by atoms with Crippen molar-refractivity contribution in [1.82, 2.24) is 0 Å². The Morgan fingerprint density at radius 1 is 1.36 bits per heavy atom. The second-order valence-electron chi connectivity index (χ2n) is 4.81. The fourth-order valence-electron chi connectivity index (χ4n) is 2.25. The number of carbonyl (C=O) groups is 1. The van der Waals surface area contributed by atoms with E-state index in [-0.39, 0.29) is 22.6 Å². The van der Waals surface area contributed by atoms with Gasteiger partial charge in [-0.2, -0.15) is 0 Å². The average Bonchev–Trinajstić information content (AvgIpc) is 2.54. The number of phenols is 1. The molecule has 1 aliphatic heterocycles. The first-order chi connectivity index (χ1) is 10.6. The van der Waals surface area contributed by atoms with Gasteiger partial charge >= 0.3 is 0 Å². The first-order valence-electron chi connectivity index (χ1n) is 6.53. The third-order valence-corrected chi connectivity index (χ3v) is 3.38. The lowest BCUT2D eigenvalue weighted by Gasteiger charge is -2.18. The van der Waals surface area contributed by atoms with Gasteiger partial charge in [0.1, 0.15) is 17.8 Å². The van der Waals surface area contributed by atoms with Crippen molar-refractivity contribution < 1.29 is 19.6 Å². The number of ether oxygens (including phenoxy) is 1. The molecule has 110 valence electrons. The van der Waals surface area contributed by atoms with Gasteiger partial charge in [-0.25, -0.2) is 0 Å². The molecule has 3 rings (SSSR count). The number of allylic oxidation sites excluding steroid dienone is 6. The quantitative estimate of drug-likeness (QED) is 0.526. The van der Waals surface area contributed by atoms with E-state index in [1.807, 2.05) is 12.2 Å². The second-order valence-corrected chi connectivity index (χ2v) is 4.81. The number of Topliss-reactive ketones (excluding diaryl/α,β-unsaturated/α-hetero) is 1. The van der Waals surface area contributed by atoms with Gasteiger partial charge in [0, 0.05) is 12.1 Å². The van der Waals surface area contributed by atoms with Gasteiger partial charge in [-0.1, -0.05) is 12.2 Å². The highest BCUT2D eigenvalue weighted by Gasteiger charge is 2.23. The summed E-state index contributed by atoms with van der Waals surface area (Å²) < 4.78 is 5.40. The SMILES string of the molecule is O=C(C1=COC2=CC=CCC2=C1)c1cc([N+](=O)[O-])ccc1O. The molecule has 0 amide bonds. The van der Waals surface area contributed by atoms with Crippen molar-refractivity contribution in [2.24, 2.45) is 0 Å². The van der Waals surface area contributed by atoms with E-state index in [0.29, 0.717) is 12.2 Å². The van der Waals surface area contributed by atoms with Crippen LogP contribution in [0.5, 0.6) is 5.75 Å². The Labute approximate surface area is 125 Å². The van der Waals surface area contributed by atoms with Crippen LogP contribution in [-0.2, 0) is 4.74 Å². The van der Waals surface area contributed by atoms with Crippen LogP contribution < -0.4 is 0 Å². The largest absolute Gasteiger partial charge is 0.507 e. The number of nitro benzene ring substituents is 1. The second kappa shape index (κ2) is 5.33. The first-order valence-corrected chi connectivity index (χ1v) is 6.53. The Morgan fingerprint density at radius 3 is 2.95 bits per heavy atom. The van der Waals surface area contributed by atoms with Crippen LogP contribution in [0.4, 0.5) is 5.69 Å². The van der Waals surface area contributed by atoms with E-state index in [4.69, 9.17) is 4.74 Å². The topological polar surface area (TPSA) is 89.7 Å². The Morgan fingerprint density at radius 2 is 2.18 bits per heavy atom. The molecule has 0 bridgehead atoms. The number of nitrogens with zero attached hydrogens (tertiary/aromatic N) is 1.